The first kappa shape index (κ1) is 25.4. The highest BCUT2D eigenvalue weighted by Crippen LogP contribution is 2.34. The highest BCUT2D eigenvalue weighted by atomic mass is 32.1. The van der Waals surface area contributed by atoms with Crippen LogP contribution in [0, 0.1) is 5.92 Å². The summed E-state index contributed by atoms with van der Waals surface area (Å²) in [5, 5.41) is 7.12. The number of aliphatic carboxylic acids is 1. The maximum absolute atomic E-state index is 12.4. The lowest BCUT2D eigenvalue weighted by Crippen LogP contribution is -2.36. The number of rotatable bonds is 4. The number of nitrogens with zero attached hydrogens (tertiary/aromatic N) is 2. The van der Waals surface area contributed by atoms with Crippen LogP contribution in [0.4, 0.5) is 13.2 Å². The van der Waals surface area contributed by atoms with Crippen LogP contribution in [0.25, 0.3) is 0 Å². The van der Waals surface area contributed by atoms with E-state index >= 15 is 0 Å². The Morgan fingerprint density at radius 3 is 2.17 bits per heavy atom. The minimum atomic E-state index is -5.08. The predicted molar refractivity (Wildman–Crippen MR) is 103 cm³/mol. The summed E-state index contributed by atoms with van der Waals surface area (Å²) in [7, 11) is 3.30. The molecule has 1 aliphatic heterocycles. The Labute approximate surface area is 175 Å². The molecule has 1 aliphatic rings. The molecule has 2 heterocycles. The fourth-order valence-corrected chi connectivity index (χ4v) is 3.93. The number of hydrogen-bond acceptors (Lipinski definition) is 5. The van der Waals surface area contributed by atoms with Gasteiger partial charge in [-0.3, -0.25) is 14.4 Å². The van der Waals surface area contributed by atoms with Gasteiger partial charge >= 0.3 is 12.1 Å². The number of alkyl halides is 3. The summed E-state index contributed by atoms with van der Waals surface area (Å²) in [5.74, 6) is -3.14. The van der Waals surface area contributed by atoms with Gasteiger partial charge in [0.15, 0.2) is 0 Å². The molecule has 1 aromatic rings. The van der Waals surface area contributed by atoms with Crippen LogP contribution in [0.1, 0.15) is 50.7 Å². The lowest BCUT2D eigenvalue weighted by atomic mass is 9.99. The standard InChI is InChI=1S/C16H23N3O3S.C2HF3O2/c1-9(2)7-12(20)19-6-5-10-11(8-19)23-14(15(17)21)13(10)16(22)18(3)4;3-2(4,5)1(6)7/h9H,5-8H2,1-4H3,(H2,17,21);(H,6,7). The smallest absolute Gasteiger partial charge is 0.475 e. The van der Waals surface area contributed by atoms with Crippen LogP contribution in [0.3, 0.4) is 0 Å². The molecule has 30 heavy (non-hydrogen) atoms. The fourth-order valence-electron chi connectivity index (χ4n) is 2.72. The van der Waals surface area contributed by atoms with Gasteiger partial charge in [0.1, 0.15) is 4.88 Å². The molecule has 12 heteroatoms. The molecule has 0 aromatic carbocycles. The van der Waals surface area contributed by atoms with E-state index in [1.165, 1.54) is 16.2 Å². The molecule has 0 aliphatic carbocycles. The van der Waals surface area contributed by atoms with Crippen LogP contribution in [-0.2, 0) is 22.6 Å². The first-order chi connectivity index (χ1) is 13.7. The van der Waals surface area contributed by atoms with Crippen molar-refractivity contribution in [1.29, 1.82) is 0 Å². The molecule has 0 spiro atoms. The van der Waals surface area contributed by atoms with Crippen molar-refractivity contribution in [2.24, 2.45) is 11.7 Å². The van der Waals surface area contributed by atoms with Crippen LogP contribution in [0.5, 0.6) is 0 Å². The number of carboxylic acid groups (broad SMARTS) is 1. The molecule has 2 rings (SSSR count). The van der Waals surface area contributed by atoms with E-state index in [0.29, 0.717) is 42.3 Å². The second-order valence-electron chi connectivity index (χ2n) is 7.24. The lowest BCUT2D eigenvalue weighted by Gasteiger charge is -2.28. The SMILES string of the molecule is CC(C)CC(=O)N1CCc2c(sc(C(N)=O)c2C(=O)N(C)C)C1.O=C(O)C(F)(F)F. The molecular weight excluding hydrogens is 427 g/mol. The van der Waals surface area contributed by atoms with E-state index in [9.17, 15) is 27.6 Å². The van der Waals surface area contributed by atoms with E-state index in [-0.39, 0.29) is 11.8 Å². The molecular formula is C18H24F3N3O5S. The summed E-state index contributed by atoms with van der Waals surface area (Å²) in [5.41, 5.74) is 6.73. The van der Waals surface area contributed by atoms with Gasteiger partial charge in [-0.05, 0) is 17.9 Å². The normalized spacial score (nSPS) is 13.3. The number of primary amides is 1. The summed E-state index contributed by atoms with van der Waals surface area (Å²) in [4.78, 5) is 49.7. The number of nitrogens with two attached hydrogens (primary N) is 1. The van der Waals surface area contributed by atoms with Crippen molar-refractivity contribution in [1.82, 2.24) is 9.80 Å². The minimum Gasteiger partial charge on any atom is -0.475 e. The third-order valence-electron chi connectivity index (χ3n) is 4.08. The predicted octanol–water partition coefficient (Wildman–Crippen LogP) is 2.11. The van der Waals surface area contributed by atoms with Crippen LogP contribution in [0.15, 0.2) is 0 Å². The van der Waals surface area contributed by atoms with Gasteiger partial charge in [-0.25, -0.2) is 4.79 Å². The van der Waals surface area contributed by atoms with E-state index in [2.05, 4.69) is 0 Å². The van der Waals surface area contributed by atoms with Crippen molar-refractivity contribution in [3.05, 3.63) is 20.9 Å². The topological polar surface area (TPSA) is 121 Å². The number of thiophene rings is 1. The van der Waals surface area contributed by atoms with E-state index in [0.717, 1.165) is 10.4 Å². The average molecular weight is 451 g/mol. The van der Waals surface area contributed by atoms with Crippen molar-refractivity contribution in [2.75, 3.05) is 20.6 Å². The molecule has 8 nitrogen and oxygen atoms in total. The Morgan fingerprint density at radius 1 is 1.23 bits per heavy atom. The zero-order valence-corrected chi connectivity index (χ0v) is 17.8. The van der Waals surface area contributed by atoms with Gasteiger partial charge in [-0.2, -0.15) is 13.2 Å². The van der Waals surface area contributed by atoms with Gasteiger partial charge in [-0.15, -0.1) is 11.3 Å². The molecule has 0 fully saturated rings. The average Bonchev–Trinajstić information content (AvgIpc) is 2.98. The Hall–Kier alpha value is -2.63. The Morgan fingerprint density at radius 2 is 1.77 bits per heavy atom. The van der Waals surface area contributed by atoms with E-state index in [4.69, 9.17) is 15.6 Å². The monoisotopic (exact) mass is 451 g/mol. The molecule has 0 saturated carbocycles. The van der Waals surface area contributed by atoms with Gasteiger partial charge in [0.05, 0.1) is 12.1 Å². The van der Waals surface area contributed by atoms with Crippen molar-refractivity contribution < 1.29 is 37.5 Å². The quantitative estimate of drug-likeness (QED) is 0.726. The van der Waals surface area contributed by atoms with Gasteiger partial charge in [-0.1, -0.05) is 13.8 Å². The third kappa shape index (κ3) is 6.44. The second-order valence-corrected chi connectivity index (χ2v) is 8.34. The molecule has 0 bridgehead atoms. The van der Waals surface area contributed by atoms with Crippen molar-refractivity contribution in [2.45, 2.75) is 39.4 Å². The van der Waals surface area contributed by atoms with Crippen LogP contribution in [0.2, 0.25) is 0 Å². The maximum Gasteiger partial charge on any atom is 0.490 e. The van der Waals surface area contributed by atoms with Gasteiger partial charge in [0.25, 0.3) is 11.8 Å². The van der Waals surface area contributed by atoms with Crippen LogP contribution in [-0.4, -0.2) is 65.4 Å². The highest BCUT2D eigenvalue weighted by molar-refractivity contribution is 7.14. The van der Waals surface area contributed by atoms with Gasteiger partial charge in [0.2, 0.25) is 5.91 Å². The second kappa shape index (κ2) is 9.92. The first-order valence-electron chi connectivity index (χ1n) is 8.90. The molecule has 3 N–H and O–H groups in total. The number of carbonyl (C=O) groups excluding carboxylic acids is 3. The Balaban J connectivity index is 0.000000553. The largest absolute Gasteiger partial charge is 0.490 e. The molecule has 0 unspecified atom stereocenters. The van der Waals surface area contributed by atoms with Crippen LogP contribution >= 0.6 is 11.3 Å². The van der Waals surface area contributed by atoms with Crippen LogP contribution < -0.4 is 5.73 Å². The summed E-state index contributed by atoms with van der Waals surface area (Å²) in [6.45, 7) is 5.04. The highest BCUT2D eigenvalue weighted by Gasteiger charge is 2.38. The van der Waals surface area contributed by atoms with E-state index in [1.54, 1.807) is 19.0 Å². The maximum atomic E-state index is 12.4. The first-order valence-corrected chi connectivity index (χ1v) is 9.72. The summed E-state index contributed by atoms with van der Waals surface area (Å²) in [6, 6.07) is 0. The number of fused-ring (bicyclic) bond motifs is 1. The lowest BCUT2D eigenvalue weighted by molar-refractivity contribution is -0.192. The zero-order valence-electron chi connectivity index (χ0n) is 17.0. The molecule has 1 aromatic heterocycles. The number of halogens is 3. The zero-order chi connectivity index (χ0) is 23.4. The summed E-state index contributed by atoms with van der Waals surface area (Å²) < 4.78 is 31.7. The molecule has 0 atom stereocenters. The number of carboxylic acids is 1. The van der Waals surface area contributed by atoms with Gasteiger partial charge < -0.3 is 20.6 Å². The van der Waals surface area contributed by atoms with E-state index in [1.807, 2.05) is 13.8 Å². The molecule has 168 valence electrons. The van der Waals surface area contributed by atoms with Crippen molar-refractivity contribution in [3.63, 3.8) is 0 Å². The number of carbonyl (C=O) groups is 4. The minimum absolute atomic E-state index is 0.111. The summed E-state index contributed by atoms with van der Waals surface area (Å²) >= 11 is 1.24. The molecule has 0 saturated heterocycles. The molecule has 0 radical (unpaired) electrons. The third-order valence-corrected chi connectivity index (χ3v) is 5.31. The Kier molecular flexibility index (Phi) is 8.40. The van der Waals surface area contributed by atoms with E-state index < -0.39 is 18.1 Å². The Bertz CT molecular complexity index is 834. The molecule has 3 amide bonds. The fraction of sp³-hybridized carbons (Fsp3) is 0.556. The van der Waals surface area contributed by atoms with Crippen molar-refractivity contribution in [3.8, 4) is 0 Å². The van der Waals surface area contributed by atoms with Crippen molar-refractivity contribution >= 4 is 35.0 Å². The van der Waals surface area contributed by atoms with Gasteiger partial charge in [0, 0.05) is 31.9 Å². The summed E-state index contributed by atoms with van der Waals surface area (Å²) in [6.07, 6.45) is -4.00. The number of hydrogen-bond donors (Lipinski definition) is 2. The number of amides is 3.